The number of fused-ring (bicyclic) bond motifs is 1. The highest BCUT2D eigenvalue weighted by atomic mass is 35.5. The summed E-state index contributed by atoms with van der Waals surface area (Å²) in [5.74, 6) is 0.556. The Bertz CT molecular complexity index is 1060. The number of rotatable bonds is 6. The smallest absolute Gasteiger partial charge is 0.228 e. The van der Waals surface area contributed by atoms with Gasteiger partial charge in [0.15, 0.2) is 11.5 Å². The summed E-state index contributed by atoms with van der Waals surface area (Å²) >= 11 is 5.77. The van der Waals surface area contributed by atoms with Crippen LogP contribution in [-0.2, 0) is 4.79 Å². The lowest BCUT2D eigenvalue weighted by Gasteiger charge is -2.14. The predicted octanol–water partition coefficient (Wildman–Crippen LogP) is 3.28. The van der Waals surface area contributed by atoms with Gasteiger partial charge in [0.1, 0.15) is 5.82 Å². The molecule has 0 bridgehead atoms. The van der Waals surface area contributed by atoms with Gasteiger partial charge < -0.3 is 14.2 Å². The van der Waals surface area contributed by atoms with Crippen LogP contribution in [0, 0.1) is 11.7 Å². The largest absolute Gasteiger partial charge is 0.493 e. The lowest BCUT2D eigenvalue weighted by molar-refractivity contribution is -0.113. The highest BCUT2D eigenvalue weighted by Crippen LogP contribution is 2.39. The summed E-state index contributed by atoms with van der Waals surface area (Å²) in [6.45, 7) is 1.71. The van der Waals surface area contributed by atoms with Gasteiger partial charge in [-0.3, -0.25) is 4.79 Å². The van der Waals surface area contributed by atoms with E-state index < -0.39 is 11.2 Å². The zero-order valence-electron chi connectivity index (χ0n) is 16.0. The molecule has 2 aromatic carbocycles. The Morgan fingerprint density at radius 1 is 1.07 bits per heavy atom. The predicted molar refractivity (Wildman–Crippen MR) is 108 cm³/mol. The van der Waals surface area contributed by atoms with Crippen molar-refractivity contribution in [2.24, 2.45) is 5.92 Å². The molecule has 4 nitrogen and oxygen atoms in total. The molecule has 0 aromatic heterocycles. The quantitative estimate of drug-likeness (QED) is 0.696. The highest BCUT2D eigenvalue weighted by molar-refractivity contribution is 6.64. The minimum Gasteiger partial charge on any atom is -0.493 e. The molecule has 1 unspecified atom stereocenters. The SMILES string of the molecule is COc1cc(C=C2C=c3ccc(F)cc3=C2C(C)C(=O)Cl)cc(OC)c1OC. The molecule has 3 rings (SSSR count). The van der Waals surface area contributed by atoms with Crippen LogP contribution in [0.1, 0.15) is 12.5 Å². The molecule has 0 saturated carbocycles. The Kier molecular flexibility index (Phi) is 5.75. The average molecular weight is 403 g/mol. The van der Waals surface area contributed by atoms with Gasteiger partial charge in [-0.25, -0.2) is 4.39 Å². The average Bonchev–Trinajstić information content (AvgIpc) is 3.03. The first-order valence-electron chi connectivity index (χ1n) is 8.62. The van der Waals surface area contributed by atoms with Crippen molar-refractivity contribution in [1.29, 1.82) is 0 Å². The van der Waals surface area contributed by atoms with Gasteiger partial charge in [-0.05, 0) is 75.2 Å². The van der Waals surface area contributed by atoms with Gasteiger partial charge in [-0.1, -0.05) is 13.0 Å². The fourth-order valence-electron chi connectivity index (χ4n) is 3.37. The van der Waals surface area contributed by atoms with E-state index in [4.69, 9.17) is 25.8 Å². The van der Waals surface area contributed by atoms with Crippen LogP contribution in [0.3, 0.4) is 0 Å². The summed E-state index contributed by atoms with van der Waals surface area (Å²) in [5, 5.41) is 0.997. The minimum absolute atomic E-state index is 0.368. The van der Waals surface area contributed by atoms with E-state index in [1.807, 2.05) is 12.2 Å². The molecule has 1 aliphatic rings. The minimum atomic E-state index is -0.589. The second-order valence-electron chi connectivity index (χ2n) is 6.37. The highest BCUT2D eigenvalue weighted by Gasteiger charge is 2.23. The van der Waals surface area contributed by atoms with Crippen LogP contribution in [0.5, 0.6) is 17.2 Å². The lowest BCUT2D eigenvalue weighted by atomic mass is 9.94. The van der Waals surface area contributed by atoms with Gasteiger partial charge in [0, 0.05) is 0 Å². The standard InChI is InChI=1S/C22H20ClFO4/c1-12(22(23)25)20-15(10-14-5-6-16(24)11-17(14)20)7-13-8-18(26-2)21(28-4)19(9-13)27-3/h5-12H,1-4H3. The van der Waals surface area contributed by atoms with Gasteiger partial charge in [-0.2, -0.15) is 0 Å². The zero-order chi connectivity index (χ0) is 20.4. The van der Waals surface area contributed by atoms with E-state index >= 15 is 0 Å². The normalized spacial score (nSPS) is 15.1. The first-order chi connectivity index (χ1) is 13.4. The van der Waals surface area contributed by atoms with Gasteiger partial charge >= 0.3 is 0 Å². The molecule has 28 heavy (non-hydrogen) atoms. The molecule has 1 aliphatic carbocycles. The van der Waals surface area contributed by atoms with Crippen molar-refractivity contribution < 1.29 is 23.4 Å². The fraction of sp³-hybridized carbons (Fsp3) is 0.227. The summed E-state index contributed by atoms with van der Waals surface area (Å²) in [6, 6.07) is 8.11. The Balaban J connectivity index is 2.23. The van der Waals surface area contributed by atoms with E-state index in [2.05, 4.69) is 0 Å². The van der Waals surface area contributed by atoms with Crippen molar-refractivity contribution >= 4 is 34.6 Å². The van der Waals surface area contributed by atoms with Crippen LogP contribution in [0.4, 0.5) is 4.39 Å². The van der Waals surface area contributed by atoms with E-state index in [0.717, 1.165) is 16.4 Å². The summed E-state index contributed by atoms with van der Waals surface area (Å²) in [4.78, 5) is 11.9. The molecule has 6 heteroatoms. The van der Waals surface area contributed by atoms with Crippen LogP contribution in [0.25, 0.3) is 17.7 Å². The Morgan fingerprint density at radius 3 is 2.25 bits per heavy atom. The van der Waals surface area contributed by atoms with Crippen molar-refractivity contribution in [3.63, 3.8) is 0 Å². The van der Waals surface area contributed by atoms with Gasteiger partial charge in [0.2, 0.25) is 11.0 Å². The first kappa shape index (κ1) is 20.0. The molecular weight excluding hydrogens is 383 g/mol. The molecule has 0 heterocycles. The lowest BCUT2D eigenvalue weighted by Crippen LogP contribution is -2.25. The topological polar surface area (TPSA) is 44.8 Å². The molecule has 0 spiro atoms. The molecule has 0 fully saturated rings. The van der Waals surface area contributed by atoms with Crippen molar-refractivity contribution in [2.75, 3.05) is 21.3 Å². The molecule has 146 valence electrons. The monoisotopic (exact) mass is 402 g/mol. The first-order valence-corrected chi connectivity index (χ1v) is 9.00. The number of carbonyl (C=O) groups excluding carboxylic acids is 1. The van der Waals surface area contributed by atoms with E-state index in [1.54, 1.807) is 39.3 Å². The van der Waals surface area contributed by atoms with Crippen LogP contribution in [0.2, 0.25) is 0 Å². The number of methoxy groups -OCH3 is 3. The summed E-state index contributed by atoms with van der Waals surface area (Å²) in [5.41, 5.74) is 2.24. The zero-order valence-corrected chi connectivity index (χ0v) is 16.8. The number of benzene rings is 2. The number of halogens is 2. The van der Waals surface area contributed by atoms with Gasteiger partial charge in [0.05, 0.1) is 27.2 Å². The molecule has 0 N–H and O–H groups in total. The van der Waals surface area contributed by atoms with E-state index in [-0.39, 0.29) is 5.82 Å². The second kappa shape index (κ2) is 8.07. The Morgan fingerprint density at radius 2 is 1.71 bits per heavy atom. The van der Waals surface area contributed by atoms with Crippen molar-refractivity contribution in [2.45, 2.75) is 6.92 Å². The number of hydrogen-bond acceptors (Lipinski definition) is 4. The molecule has 1 atom stereocenters. The third-order valence-corrected chi connectivity index (χ3v) is 5.04. The van der Waals surface area contributed by atoms with E-state index in [1.165, 1.54) is 19.2 Å². The van der Waals surface area contributed by atoms with Gasteiger partial charge in [-0.15, -0.1) is 0 Å². The van der Waals surface area contributed by atoms with E-state index in [9.17, 15) is 9.18 Å². The second-order valence-corrected chi connectivity index (χ2v) is 6.75. The number of hydrogen-bond donors (Lipinski definition) is 0. The number of ether oxygens (including phenoxy) is 3. The van der Waals surface area contributed by atoms with Crippen molar-refractivity contribution in [3.05, 3.63) is 57.7 Å². The third kappa shape index (κ3) is 3.62. The maximum atomic E-state index is 13.8. The van der Waals surface area contributed by atoms with Crippen LogP contribution >= 0.6 is 11.6 Å². The molecular formula is C22H20ClFO4. The van der Waals surface area contributed by atoms with Crippen molar-refractivity contribution in [1.82, 2.24) is 0 Å². The van der Waals surface area contributed by atoms with E-state index in [0.29, 0.717) is 28.0 Å². The number of allylic oxidation sites excluding steroid dienone is 1. The van der Waals surface area contributed by atoms with Crippen LogP contribution < -0.4 is 24.6 Å². The maximum absolute atomic E-state index is 13.8. The summed E-state index contributed by atoms with van der Waals surface area (Å²) in [6.07, 6.45) is 3.79. The van der Waals surface area contributed by atoms with Crippen LogP contribution in [0.15, 0.2) is 35.9 Å². The molecule has 0 saturated heterocycles. The molecule has 0 radical (unpaired) electrons. The third-order valence-electron chi connectivity index (χ3n) is 4.71. The molecule has 0 amide bonds. The maximum Gasteiger partial charge on any atom is 0.228 e. The van der Waals surface area contributed by atoms with Gasteiger partial charge in [0.25, 0.3) is 0 Å². The summed E-state index contributed by atoms with van der Waals surface area (Å²) < 4.78 is 30.0. The molecule has 0 aliphatic heterocycles. The fourth-order valence-corrected chi connectivity index (χ4v) is 3.48. The Labute approximate surface area is 167 Å². The van der Waals surface area contributed by atoms with Crippen LogP contribution in [-0.4, -0.2) is 26.6 Å². The Hall–Kier alpha value is -2.79. The van der Waals surface area contributed by atoms with Crippen molar-refractivity contribution in [3.8, 4) is 17.2 Å². The summed E-state index contributed by atoms with van der Waals surface area (Å²) in [7, 11) is 4.62. The number of carbonyl (C=O) groups is 1. The molecule has 2 aromatic rings.